The summed E-state index contributed by atoms with van der Waals surface area (Å²) in [5.74, 6) is 0.556. The van der Waals surface area contributed by atoms with Gasteiger partial charge < -0.3 is 15.8 Å². The Kier molecular flexibility index (Phi) is 7.15. The van der Waals surface area contributed by atoms with Crippen molar-refractivity contribution in [1.82, 2.24) is 14.8 Å². The number of hydrogen-bond acceptors (Lipinski definition) is 6. The van der Waals surface area contributed by atoms with Crippen LogP contribution in [0, 0.1) is 0 Å². The number of carbonyl (C=O) groups excluding carboxylic acids is 2. The SMILES string of the molecule is COc1ccccc1-c1nnc(SCC(=O)Nc2ccc(C(N)=O)cc2)n1-c1ccc(Cl)cc1. The Morgan fingerprint density at radius 3 is 2.41 bits per heavy atom. The summed E-state index contributed by atoms with van der Waals surface area (Å²) in [5, 5.41) is 12.6. The van der Waals surface area contributed by atoms with E-state index in [1.807, 2.05) is 41.0 Å². The first-order chi connectivity index (χ1) is 16.5. The molecule has 0 aliphatic heterocycles. The van der Waals surface area contributed by atoms with Gasteiger partial charge in [-0.25, -0.2) is 0 Å². The third-order valence-electron chi connectivity index (χ3n) is 4.85. The molecule has 3 aromatic carbocycles. The summed E-state index contributed by atoms with van der Waals surface area (Å²) in [6.07, 6.45) is 0. The van der Waals surface area contributed by atoms with Crippen LogP contribution in [0.5, 0.6) is 5.75 Å². The van der Waals surface area contributed by atoms with Gasteiger partial charge in [0, 0.05) is 22.0 Å². The number of rotatable bonds is 8. The van der Waals surface area contributed by atoms with E-state index in [0.717, 1.165) is 11.3 Å². The monoisotopic (exact) mass is 493 g/mol. The number of ether oxygens (including phenoxy) is 1. The van der Waals surface area contributed by atoms with E-state index in [-0.39, 0.29) is 11.7 Å². The molecule has 0 saturated heterocycles. The van der Waals surface area contributed by atoms with Crippen molar-refractivity contribution in [2.24, 2.45) is 5.73 Å². The van der Waals surface area contributed by atoms with Gasteiger partial charge in [-0.15, -0.1) is 10.2 Å². The Hall–Kier alpha value is -3.82. The molecule has 3 N–H and O–H groups in total. The highest BCUT2D eigenvalue weighted by Gasteiger charge is 2.20. The topological polar surface area (TPSA) is 112 Å². The lowest BCUT2D eigenvalue weighted by molar-refractivity contribution is -0.113. The Morgan fingerprint density at radius 1 is 1.03 bits per heavy atom. The van der Waals surface area contributed by atoms with Gasteiger partial charge in [-0.1, -0.05) is 35.5 Å². The average Bonchev–Trinajstić information content (AvgIpc) is 3.27. The third-order valence-corrected chi connectivity index (χ3v) is 6.03. The molecule has 1 aromatic heterocycles. The zero-order valence-electron chi connectivity index (χ0n) is 18.1. The van der Waals surface area contributed by atoms with Crippen LogP contribution in [0.15, 0.2) is 78.0 Å². The van der Waals surface area contributed by atoms with Gasteiger partial charge in [0.05, 0.1) is 18.4 Å². The van der Waals surface area contributed by atoms with E-state index in [2.05, 4.69) is 15.5 Å². The number of halogens is 1. The van der Waals surface area contributed by atoms with Gasteiger partial charge in [0.15, 0.2) is 11.0 Å². The molecule has 4 rings (SSSR count). The Balaban J connectivity index is 1.59. The van der Waals surface area contributed by atoms with Crippen molar-refractivity contribution in [3.63, 3.8) is 0 Å². The normalized spacial score (nSPS) is 10.6. The Morgan fingerprint density at radius 2 is 1.74 bits per heavy atom. The molecule has 0 aliphatic carbocycles. The fourth-order valence-corrected chi connectivity index (χ4v) is 4.11. The van der Waals surface area contributed by atoms with Crippen molar-refractivity contribution >= 4 is 40.9 Å². The minimum Gasteiger partial charge on any atom is -0.496 e. The highest BCUT2D eigenvalue weighted by molar-refractivity contribution is 7.99. The second-order valence-corrected chi connectivity index (χ2v) is 8.48. The largest absolute Gasteiger partial charge is 0.496 e. The second-order valence-electron chi connectivity index (χ2n) is 7.10. The van der Waals surface area contributed by atoms with Gasteiger partial charge in [0.1, 0.15) is 5.75 Å². The number of anilines is 1. The highest BCUT2D eigenvalue weighted by atomic mass is 35.5. The quantitative estimate of drug-likeness (QED) is 0.351. The van der Waals surface area contributed by atoms with Crippen LogP contribution in [0.2, 0.25) is 5.02 Å². The molecule has 0 bridgehead atoms. The number of benzene rings is 3. The number of aromatic nitrogens is 3. The fourth-order valence-electron chi connectivity index (χ4n) is 3.24. The number of nitrogens with one attached hydrogen (secondary N) is 1. The zero-order chi connectivity index (χ0) is 24.1. The summed E-state index contributed by atoms with van der Waals surface area (Å²) in [7, 11) is 1.60. The standard InChI is InChI=1S/C24H20ClN5O3S/c1-33-20-5-3-2-4-19(20)23-28-29-24(30(23)18-12-8-16(25)9-13-18)34-14-21(31)27-17-10-6-15(7-11-17)22(26)32/h2-13H,14H2,1H3,(H2,26,32)(H,27,31). The summed E-state index contributed by atoms with van der Waals surface area (Å²) in [6.45, 7) is 0. The second kappa shape index (κ2) is 10.4. The molecule has 4 aromatic rings. The van der Waals surface area contributed by atoms with E-state index in [9.17, 15) is 9.59 Å². The molecule has 8 nitrogen and oxygen atoms in total. The number of nitrogens with two attached hydrogens (primary N) is 1. The average molecular weight is 494 g/mol. The van der Waals surface area contributed by atoms with Gasteiger partial charge in [-0.3, -0.25) is 14.2 Å². The molecule has 2 amide bonds. The number of hydrogen-bond donors (Lipinski definition) is 2. The summed E-state index contributed by atoms with van der Waals surface area (Å²) in [6, 6.07) is 21.1. The highest BCUT2D eigenvalue weighted by Crippen LogP contribution is 2.33. The van der Waals surface area contributed by atoms with Gasteiger partial charge in [0.25, 0.3) is 0 Å². The molecule has 10 heteroatoms. The number of amides is 2. The first kappa shape index (κ1) is 23.3. The maximum Gasteiger partial charge on any atom is 0.248 e. The number of thioether (sulfide) groups is 1. The molecule has 0 atom stereocenters. The lowest BCUT2D eigenvalue weighted by atomic mass is 10.2. The summed E-state index contributed by atoms with van der Waals surface area (Å²) in [4.78, 5) is 23.8. The number of primary amides is 1. The molecule has 172 valence electrons. The maximum atomic E-state index is 12.6. The molecular weight excluding hydrogens is 474 g/mol. The van der Waals surface area contributed by atoms with E-state index in [0.29, 0.717) is 33.0 Å². The first-order valence-corrected chi connectivity index (χ1v) is 11.5. The molecule has 0 aliphatic rings. The van der Waals surface area contributed by atoms with Gasteiger partial charge in [-0.2, -0.15) is 0 Å². The molecule has 0 unspecified atom stereocenters. The molecular formula is C24H20ClN5O3S. The summed E-state index contributed by atoms with van der Waals surface area (Å²) in [5.41, 5.74) is 7.73. The van der Waals surface area contributed by atoms with Crippen molar-refractivity contribution in [1.29, 1.82) is 0 Å². The van der Waals surface area contributed by atoms with Crippen LogP contribution in [0.3, 0.4) is 0 Å². The van der Waals surface area contributed by atoms with Crippen molar-refractivity contribution in [3.8, 4) is 22.8 Å². The summed E-state index contributed by atoms with van der Waals surface area (Å²) < 4.78 is 7.36. The van der Waals surface area contributed by atoms with Crippen LogP contribution in [0.1, 0.15) is 10.4 Å². The van der Waals surface area contributed by atoms with Crippen LogP contribution >= 0.6 is 23.4 Å². The molecule has 1 heterocycles. The van der Waals surface area contributed by atoms with Gasteiger partial charge in [0.2, 0.25) is 11.8 Å². The van der Waals surface area contributed by atoms with Crippen LogP contribution in [-0.4, -0.2) is 39.4 Å². The van der Waals surface area contributed by atoms with Gasteiger partial charge >= 0.3 is 0 Å². The summed E-state index contributed by atoms with van der Waals surface area (Å²) >= 11 is 7.32. The third kappa shape index (κ3) is 5.22. The molecule has 34 heavy (non-hydrogen) atoms. The van der Waals surface area contributed by atoms with Gasteiger partial charge in [-0.05, 0) is 60.7 Å². The number of carbonyl (C=O) groups is 2. The Bertz CT molecular complexity index is 1320. The van der Waals surface area contributed by atoms with Crippen LogP contribution in [-0.2, 0) is 4.79 Å². The predicted molar refractivity (Wildman–Crippen MR) is 133 cm³/mol. The van der Waals surface area contributed by atoms with Crippen LogP contribution < -0.4 is 15.8 Å². The van der Waals surface area contributed by atoms with Crippen molar-refractivity contribution in [3.05, 3.63) is 83.4 Å². The van der Waals surface area contributed by atoms with Crippen molar-refractivity contribution < 1.29 is 14.3 Å². The lowest BCUT2D eigenvalue weighted by Crippen LogP contribution is -2.15. The number of nitrogens with zero attached hydrogens (tertiary/aromatic N) is 3. The van der Waals surface area contributed by atoms with Crippen LogP contribution in [0.25, 0.3) is 17.1 Å². The Labute approximate surface area is 205 Å². The molecule has 0 saturated carbocycles. The smallest absolute Gasteiger partial charge is 0.248 e. The molecule has 0 radical (unpaired) electrons. The molecule has 0 fully saturated rings. The fraction of sp³-hybridized carbons (Fsp3) is 0.0833. The van der Waals surface area contributed by atoms with E-state index in [1.54, 1.807) is 43.5 Å². The minimum absolute atomic E-state index is 0.0925. The lowest BCUT2D eigenvalue weighted by Gasteiger charge is -2.12. The zero-order valence-corrected chi connectivity index (χ0v) is 19.6. The minimum atomic E-state index is -0.527. The number of methoxy groups -OCH3 is 1. The van der Waals surface area contributed by atoms with Crippen LogP contribution in [0.4, 0.5) is 5.69 Å². The van der Waals surface area contributed by atoms with Crippen molar-refractivity contribution in [2.75, 3.05) is 18.2 Å². The first-order valence-electron chi connectivity index (χ1n) is 10.1. The predicted octanol–water partition coefficient (Wildman–Crippen LogP) is 4.43. The number of para-hydroxylation sites is 1. The van der Waals surface area contributed by atoms with E-state index >= 15 is 0 Å². The molecule has 0 spiro atoms. The van der Waals surface area contributed by atoms with E-state index in [4.69, 9.17) is 22.1 Å². The van der Waals surface area contributed by atoms with E-state index < -0.39 is 5.91 Å². The van der Waals surface area contributed by atoms with Crippen molar-refractivity contribution in [2.45, 2.75) is 5.16 Å². The maximum absolute atomic E-state index is 12.6. The van der Waals surface area contributed by atoms with E-state index in [1.165, 1.54) is 11.8 Å².